The predicted molar refractivity (Wildman–Crippen MR) is 144 cm³/mol. The predicted octanol–water partition coefficient (Wildman–Crippen LogP) is 4.08. The molecular weight excluding hydrogens is 505 g/mol. The number of benzene rings is 2. The topological polar surface area (TPSA) is 99.2 Å². The lowest BCUT2D eigenvalue weighted by atomic mass is 9.82. The maximum absolute atomic E-state index is 15.9. The Hall–Kier alpha value is -3.08. The average molecular weight is 540 g/mol. The molecule has 2 fully saturated rings. The van der Waals surface area contributed by atoms with Gasteiger partial charge in [-0.25, -0.2) is 0 Å². The van der Waals surface area contributed by atoms with Crippen LogP contribution in [0.15, 0.2) is 48.5 Å². The van der Waals surface area contributed by atoms with Crippen LogP contribution in [0.1, 0.15) is 31.7 Å². The third-order valence-corrected chi connectivity index (χ3v) is 10.9. The molecule has 3 aliphatic rings. The van der Waals surface area contributed by atoms with Gasteiger partial charge < -0.3 is 24.2 Å². The molecule has 38 heavy (non-hydrogen) atoms. The molecule has 202 valence electrons. The number of anilines is 3. The number of carbonyl (C=O) groups is 3. The van der Waals surface area contributed by atoms with Crippen molar-refractivity contribution in [2.75, 3.05) is 23.4 Å². The summed E-state index contributed by atoms with van der Waals surface area (Å²) in [4.78, 5) is 42.1. The number of hydrogen-bond donors (Lipinski definition) is 2. The zero-order valence-electron chi connectivity index (χ0n) is 21.9. The molecular formula is C28H34FN3O5Si. The van der Waals surface area contributed by atoms with Gasteiger partial charge in [0.25, 0.3) is 5.91 Å². The van der Waals surface area contributed by atoms with E-state index in [0.29, 0.717) is 35.6 Å². The van der Waals surface area contributed by atoms with E-state index < -0.39 is 31.6 Å². The van der Waals surface area contributed by atoms with Gasteiger partial charge in [0.1, 0.15) is 0 Å². The number of halogens is 1. The van der Waals surface area contributed by atoms with Gasteiger partial charge in [-0.05, 0) is 56.3 Å². The van der Waals surface area contributed by atoms with Crippen molar-refractivity contribution in [2.24, 2.45) is 5.92 Å². The summed E-state index contributed by atoms with van der Waals surface area (Å²) in [6.07, 6.45) is 1.40. The van der Waals surface area contributed by atoms with Crippen LogP contribution in [-0.2, 0) is 24.7 Å². The lowest BCUT2D eigenvalue weighted by Crippen LogP contribution is -2.42. The molecule has 10 heteroatoms. The minimum Gasteiger partial charge on any atom is -0.394 e. The smallest absolute Gasteiger partial charge is 0.261 e. The molecule has 8 nitrogen and oxygen atoms in total. The quantitative estimate of drug-likeness (QED) is 0.314. The van der Waals surface area contributed by atoms with Crippen LogP contribution in [0.4, 0.5) is 21.2 Å². The van der Waals surface area contributed by atoms with Crippen LogP contribution in [0.3, 0.4) is 0 Å². The van der Waals surface area contributed by atoms with Crippen molar-refractivity contribution in [3.05, 3.63) is 54.1 Å². The Balaban J connectivity index is 1.53. The standard InChI is InChI=1S/C28H34FN3O5Si/c1-18-26(38(2,3)29)24(15-25(35)31-13-7-10-21(31)16-33)37-28(18)22-14-20(11-12-23(22)30-27(28)36)32(17-34)19-8-5-4-6-9-19/h4-6,8-9,11-12,14,17-18,21,24,26,33H,7,10,13,15-16H2,1-3H3,(H,30,36)/t18-,21-,24+,26-,28+/m0/s1. The molecule has 5 rings (SSSR count). The summed E-state index contributed by atoms with van der Waals surface area (Å²) in [7, 11) is -3.41. The molecule has 2 aromatic rings. The summed E-state index contributed by atoms with van der Waals surface area (Å²) in [5.41, 5.74) is 0.211. The van der Waals surface area contributed by atoms with E-state index >= 15 is 4.11 Å². The maximum atomic E-state index is 15.9. The molecule has 2 aromatic carbocycles. The van der Waals surface area contributed by atoms with Crippen molar-refractivity contribution in [1.29, 1.82) is 0 Å². The van der Waals surface area contributed by atoms with Crippen LogP contribution in [0, 0.1) is 5.92 Å². The Bertz CT molecular complexity index is 1240. The van der Waals surface area contributed by atoms with E-state index in [1.165, 1.54) is 4.90 Å². The Morgan fingerprint density at radius 1 is 1.26 bits per heavy atom. The Labute approximate surface area is 222 Å². The molecule has 0 radical (unpaired) electrons. The molecule has 0 aliphatic carbocycles. The summed E-state index contributed by atoms with van der Waals surface area (Å²) < 4.78 is 22.4. The highest BCUT2D eigenvalue weighted by Gasteiger charge is 2.65. The number of nitrogens with zero attached hydrogens (tertiary/aromatic N) is 2. The number of nitrogens with one attached hydrogen (secondary N) is 1. The molecule has 5 atom stereocenters. The minimum absolute atomic E-state index is 0.0552. The van der Waals surface area contributed by atoms with Crippen molar-refractivity contribution in [3.8, 4) is 0 Å². The molecule has 2 saturated heterocycles. The number of hydrogen-bond acceptors (Lipinski definition) is 5. The van der Waals surface area contributed by atoms with Crippen molar-refractivity contribution in [2.45, 2.75) is 62.6 Å². The molecule has 1 spiro atoms. The van der Waals surface area contributed by atoms with E-state index in [4.69, 9.17) is 4.74 Å². The molecule has 0 saturated carbocycles. The van der Waals surface area contributed by atoms with Crippen molar-refractivity contribution in [3.63, 3.8) is 0 Å². The number of carbonyl (C=O) groups excluding carboxylic acids is 3. The van der Waals surface area contributed by atoms with Crippen molar-refractivity contribution < 1.29 is 28.3 Å². The van der Waals surface area contributed by atoms with Gasteiger partial charge in [-0.2, -0.15) is 0 Å². The van der Waals surface area contributed by atoms with E-state index in [0.717, 1.165) is 12.8 Å². The number of rotatable bonds is 7. The first-order valence-corrected chi connectivity index (χ1v) is 16.1. The van der Waals surface area contributed by atoms with Crippen LogP contribution in [0.25, 0.3) is 0 Å². The molecule has 3 aliphatic heterocycles. The normalized spacial score (nSPS) is 28.4. The average Bonchev–Trinajstić information content (AvgIpc) is 3.55. The van der Waals surface area contributed by atoms with Gasteiger partial charge in [0.05, 0.1) is 25.2 Å². The second-order valence-corrected chi connectivity index (χ2v) is 14.8. The van der Waals surface area contributed by atoms with Crippen LogP contribution >= 0.6 is 0 Å². The highest BCUT2D eigenvalue weighted by molar-refractivity contribution is 6.72. The van der Waals surface area contributed by atoms with Crippen LogP contribution in [0.2, 0.25) is 18.6 Å². The van der Waals surface area contributed by atoms with Gasteiger partial charge in [0.2, 0.25) is 20.7 Å². The molecule has 0 bridgehead atoms. The maximum Gasteiger partial charge on any atom is 0.261 e. The third-order valence-electron chi connectivity index (χ3n) is 8.40. The van der Waals surface area contributed by atoms with Crippen LogP contribution in [-0.4, -0.2) is 61.9 Å². The number of aliphatic hydroxyl groups excluding tert-OH is 1. The van der Waals surface area contributed by atoms with E-state index in [1.54, 1.807) is 36.2 Å². The minimum atomic E-state index is -3.41. The monoisotopic (exact) mass is 539 g/mol. The summed E-state index contributed by atoms with van der Waals surface area (Å²) in [6, 6.07) is 14.1. The summed E-state index contributed by atoms with van der Waals surface area (Å²) >= 11 is 0. The third kappa shape index (κ3) is 4.24. The summed E-state index contributed by atoms with van der Waals surface area (Å²) in [5.74, 6) is -1.12. The number of para-hydroxylation sites is 1. The van der Waals surface area contributed by atoms with E-state index in [1.807, 2.05) is 37.3 Å². The molecule has 0 aromatic heterocycles. The molecule has 0 unspecified atom stereocenters. The number of amides is 3. The lowest BCUT2D eigenvalue weighted by molar-refractivity contribution is -0.148. The van der Waals surface area contributed by atoms with Gasteiger partial charge >= 0.3 is 0 Å². The first-order chi connectivity index (χ1) is 18.1. The molecule has 3 amide bonds. The Morgan fingerprint density at radius 3 is 2.66 bits per heavy atom. The second kappa shape index (κ2) is 9.90. The van der Waals surface area contributed by atoms with Gasteiger partial charge in [-0.1, -0.05) is 25.1 Å². The fourth-order valence-corrected chi connectivity index (χ4v) is 9.20. The van der Waals surface area contributed by atoms with Gasteiger partial charge in [0, 0.05) is 40.6 Å². The zero-order valence-corrected chi connectivity index (χ0v) is 22.9. The number of ether oxygens (including phenoxy) is 1. The largest absolute Gasteiger partial charge is 0.394 e. The summed E-state index contributed by atoms with van der Waals surface area (Å²) in [5, 5.41) is 12.6. The molecule has 3 heterocycles. The van der Waals surface area contributed by atoms with Crippen LogP contribution in [0.5, 0.6) is 0 Å². The number of fused-ring (bicyclic) bond motifs is 2. The van der Waals surface area contributed by atoms with Crippen molar-refractivity contribution >= 4 is 43.7 Å². The first-order valence-electron chi connectivity index (χ1n) is 13.1. The Morgan fingerprint density at radius 2 is 2.00 bits per heavy atom. The fourth-order valence-electron chi connectivity index (χ4n) is 6.71. The van der Waals surface area contributed by atoms with Gasteiger partial charge in [-0.15, -0.1) is 0 Å². The Kier molecular flexibility index (Phi) is 6.91. The second-order valence-electron chi connectivity index (χ2n) is 11.0. The first kappa shape index (κ1) is 26.5. The van der Waals surface area contributed by atoms with Gasteiger partial charge in [-0.3, -0.25) is 19.3 Å². The SMILES string of the molecule is C[C@H]1[C@H]([Si](C)(C)F)[C@@H](CC(=O)N2CCC[C@H]2CO)O[C@]12C(=O)Nc1ccc(N(C=O)c3ccccc3)cc12. The van der Waals surface area contributed by atoms with Crippen LogP contribution < -0.4 is 10.2 Å². The highest BCUT2D eigenvalue weighted by Crippen LogP contribution is 2.59. The number of likely N-dealkylation sites (tertiary alicyclic amines) is 1. The van der Waals surface area contributed by atoms with Gasteiger partial charge in [0.15, 0.2) is 5.60 Å². The fraction of sp³-hybridized carbons (Fsp3) is 0.464. The zero-order chi connectivity index (χ0) is 27.2. The van der Waals surface area contributed by atoms with E-state index in [2.05, 4.69) is 5.32 Å². The lowest BCUT2D eigenvalue weighted by Gasteiger charge is -2.31. The summed E-state index contributed by atoms with van der Waals surface area (Å²) in [6.45, 7) is 5.44. The molecule has 2 N–H and O–H groups in total. The number of aliphatic hydroxyl groups is 1. The van der Waals surface area contributed by atoms with E-state index in [9.17, 15) is 19.5 Å². The van der Waals surface area contributed by atoms with Crippen molar-refractivity contribution in [1.82, 2.24) is 4.90 Å². The highest BCUT2D eigenvalue weighted by atomic mass is 28.4. The van der Waals surface area contributed by atoms with E-state index in [-0.39, 0.29) is 30.9 Å².